The van der Waals surface area contributed by atoms with Crippen molar-refractivity contribution in [1.82, 2.24) is 10.0 Å². The first-order valence-corrected chi connectivity index (χ1v) is 10.6. The number of hydrogen-bond acceptors (Lipinski definition) is 6. The molecule has 1 aromatic carbocycles. The molecule has 1 heterocycles. The van der Waals surface area contributed by atoms with E-state index < -0.39 is 15.7 Å². The van der Waals surface area contributed by atoms with Crippen molar-refractivity contribution in [1.29, 1.82) is 0 Å². The van der Waals surface area contributed by atoms with Crippen molar-refractivity contribution in [2.75, 3.05) is 26.5 Å². The van der Waals surface area contributed by atoms with E-state index in [4.69, 9.17) is 0 Å². The van der Waals surface area contributed by atoms with E-state index in [0.29, 0.717) is 32.4 Å². The average molecular weight is 396 g/mol. The highest BCUT2D eigenvalue weighted by molar-refractivity contribution is 7.90. The van der Waals surface area contributed by atoms with Crippen LogP contribution in [0.25, 0.3) is 0 Å². The summed E-state index contributed by atoms with van der Waals surface area (Å²) in [5.74, 6) is -1.04. The van der Waals surface area contributed by atoms with E-state index in [-0.39, 0.29) is 35.2 Å². The molecule has 0 aromatic heterocycles. The number of ether oxygens (including phenoxy) is 1. The Bertz CT molecular complexity index is 821. The minimum Gasteiger partial charge on any atom is -0.469 e. The Labute approximate surface area is 159 Å². The maximum Gasteiger partial charge on any atom is 0.305 e. The van der Waals surface area contributed by atoms with Gasteiger partial charge in [0.25, 0.3) is 5.91 Å². The Hall–Kier alpha value is -2.42. The maximum atomic E-state index is 12.9. The lowest BCUT2D eigenvalue weighted by molar-refractivity contribution is -0.142. The van der Waals surface area contributed by atoms with Crippen molar-refractivity contribution in [3.63, 3.8) is 0 Å². The molecule has 1 aromatic rings. The van der Waals surface area contributed by atoms with Gasteiger partial charge in [-0.25, -0.2) is 13.4 Å². The summed E-state index contributed by atoms with van der Waals surface area (Å²) in [7, 11) is -2.25. The minimum atomic E-state index is -3.57. The van der Waals surface area contributed by atoms with Gasteiger partial charge in [0.1, 0.15) is 0 Å². The van der Waals surface area contributed by atoms with Crippen LogP contribution in [0.3, 0.4) is 0 Å². The summed E-state index contributed by atoms with van der Waals surface area (Å²) in [6, 6.07) is 5.99. The van der Waals surface area contributed by atoms with Crippen molar-refractivity contribution in [3.05, 3.63) is 29.8 Å². The first kappa shape index (κ1) is 20.9. The minimum absolute atomic E-state index is 0.0487. The van der Waals surface area contributed by atoms with E-state index >= 15 is 0 Å². The van der Waals surface area contributed by atoms with E-state index in [2.05, 4.69) is 4.74 Å². The van der Waals surface area contributed by atoms with Gasteiger partial charge in [-0.3, -0.25) is 19.4 Å². The van der Waals surface area contributed by atoms with Gasteiger partial charge in [0.15, 0.2) is 9.84 Å². The second kappa shape index (κ2) is 8.98. The first-order chi connectivity index (χ1) is 12.8. The third-order valence-electron chi connectivity index (χ3n) is 4.32. The van der Waals surface area contributed by atoms with Gasteiger partial charge in [-0.05, 0) is 31.4 Å². The highest BCUT2D eigenvalue weighted by Gasteiger charge is 2.32. The zero-order chi connectivity index (χ0) is 20.0. The number of unbranched alkanes of at least 4 members (excludes halogenated alkanes) is 1. The van der Waals surface area contributed by atoms with Crippen molar-refractivity contribution < 1.29 is 27.5 Å². The molecule has 1 fully saturated rings. The van der Waals surface area contributed by atoms with Gasteiger partial charge >= 0.3 is 5.97 Å². The zero-order valence-corrected chi connectivity index (χ0v) is 16.3. The van der Waals surface area contributed by atoms with Gasteiger partial charge in [-0.2, -0.15) is 0 Å². The Balaban J connectivity index is 2.07. The number of nitrogens with zero attached hydrogens (tertiary/aromatic N) is 2. The normalized spacial score (nSPS) is 14.3. The fourth-order valence-corrected chi connectivity index (χ4v) is 3.85. The van der Waals surface area contributed by atoms with E-state index in [0.717, 1.165) is 6.26 Å². The molecule has 0 unspecified atom stereocenters. The summed E-state index contributed by atoms with van der Waals surface area (Å²) in [5, 5.41) is 2.69. The number of amides is 2. The van der Waals surface area contributed by atoms with Crippen LogP contribution >= 0.6 is 0 Å². The van der Waals surface area contributed by atoms with Crippen molar-refractivity contribution in [2.24, 2.45) is 0 Å². The molecule has 0 N–H and O–H groups in total. The topological polar surface area (TPSA) is 101 Å². The lowest BCUT2D eigenvalue weighted by atomic mass is 10.2. The van der Waals surface area contributed by atoms with Crippen LogP contribution in [0.4, 0.5) is 0 Å². The Morgan fingerprint density at radius 2 is 1.67 bits per heavy atom. The summed E-state index contributed by atoms with van der Waals surface area (Å²) in [6.07, 6.45) is 3.15. The lowest BCUT2D eigenvalue weighted by Gasteiger charge is -2.28. The molecule has 8 nitrogen and oxygen atoms in total. The van der Waals surface area contributed by atoms with Gasteiger partial charge in [-0.15, -0.1) is 0 Å². The SMILES string of the molecule is COC(=O)CCCCC(=O)N1CCCN1C(=O)c1ccccc1S(C)(=O)=O. The lowest BCUT2D eigenvalue weighted by Crippen LogP contribution is -2.45. The summed E-state index contributed by atoms with van der Waals surface area (Å²) >= 11 is 0. The van der Waals surface area contributed by atoms with Crippen molar-refractivity contribution in [2.45, 2.75) is 37.0 Å². The van der Waals surface area contributed by atoms with Gasteiger partial charge in [-0.1, -0.05) is 12.1 Å². The molecule has 148 valence electrons. The third-order valence-corrected chi connectivity index (χ3v) is 5.47. The number of methoxy groups -OCH3 is 1. The van der Waals surface area contributed by atoms with E-state index in [1.54, 1.807) is 12.1 Å². The maximum absolute atomic E-state index is 12.9. The van der Waals surface area contributed by atoms with E-state index in [9.17, 15) is 22.8 Å². The summed E-state index contributed by atoms with van der Waals surface area (Å²) in [4.78, 5) is 36.4. The number of sulfone groups is 1. The number of carbonyl (C=O) groups is 3. The molecule has 1 aliphatic heterocycles. The van der Waals surface area contributed by atoms with Gasteiger partial charge in [0, 0.05) is 32.2 Å². The number of esters is 1. The molecular weight excluding hydrogens is 372 g/mol. The van der Waals surface area contributed by atoms with Crippen LogP contribution in [0.15, 0.2) is 29.2 Å². The fraction of sp³-hybridized carbons (Fsp3) is 0.500. The standard InChI is InChI=1S/C18H24N2O6S/c1-26-17(22)11-6-5-10-16(21)19-12-7-13-20(19)18(23)14-8-3-4-9-15(14)27(2,24)25/h3-4,8-9H,5-7,10-13H2,1-2H3. The van der Waals surface area contributed by atoms with E-state index in [1.807, 2.05) is 0 Å². The van der Waals surface area contributed by atoms with Crippen LogP contribution in [0, 0.1) is 0 Å². The average Bonchev–Trinajstić information content (AvgIpc) is 3.13. The quantitative estimate of drug-likeness (QED) is 0.510. The molecule has 0 atom stereocenters. The molecule has 27 heavy (non-hydrogen) atoms. The first-order valence-electron chi connectivity index (χ1n) is 8.73. The molecule has 0 bridgehead atoms. The summed E-state index contributed by atoms with van der Waals surface area (Å²) < 4.78 is 28.5. The zero-order valence-electron chi connectivity index (χ0n) is 15.5. The Morgan fingerprint density at radius 3 is 2.33 bits per heavy atom. The number of rotatable bonds is 7. The molecule has 0 aliphatic carbocycles. The van der Waals surface area contributed by atoms with Gasteiger partial charge in [0.2, 0.25) is 5.91 Å². The van der Waals surface area contributed by atoms with Gasteiger partial charge < -0.3 is 4.74 Å². The molecule has 2 rings (SSSR count). The molecule has 1 aliphatic rings. The van der Waals surface area contributed by atoms with Crippen LogP contribution in [0.5, 0.6) is 0 Å². The highest BCUT2D eigenvalue weighted by atomic mass is 32.2. The van der Waals surface area contributed by atoms with Crippen LogP contribution in [0.1, 0.15) is 42.5 Å². The molecular formula is C18H24N2O6S. The highest BCUT2D eigenvalue weighted by Crippen LogP contribution is 2.22. The van der Waals surface area contributed by atoms with Crippen LogP contribution in [-0.4, -0.2) is 62.7 Å². The number of carbonyl (C=O) groups excluding carboxylic acids is 3. The summed E-state index contributed by atoms with van der Waals surface area (Å²) in [6.45, 7) is 0.757. The van der Waals surface area contributed by atoms with Gasteiger partial charge in [0.05, 0.1) is 17.6 Å². The van der Waals surface area contributed by atoms with Crippen LogP contribution in [-0.2, 0) is 24.2 Å². The predicted octanol–water partition coefficient (Wildman–Crippen LogP) is 1.41. The Kier molecular flexibility index (Phi) is 6.95. The van der Waals surface area contributed by atoms with E-state index in [1.165, 1.54) is 29.3 Å². The molecule has 0 radical (unpaired) electrons. The summed E-state index contributed by atoms with van der Waals surface area (Å²) in [5.41, 5.74) is 0.0605. The monoisotopic (exact) mass is 396 g/mol. The largest absolute Gasteiger partial charge is 0.469 e. The second-order valence-corrected chi connectivity index (χ2v) is 8.33. The third kappa shape index (κ3) is 5.29. The predicted molar refractivity (Wildman–Crippen MR) is 97.4 cm³/mol. The van der Waals surface area contributed by atoms with Crippen molar-refractivity contribution >= 4 is 27.6 Å². The number of hydrogen-bond donors (Lipinski definition) is 0. The van der Waals surface area contributed by atoms with Crippen LogP contribution < -0.4 is 0 Å². The number of benzene rings is 1. The fourth-order valence-electron chi connectivity index (χ4n) is 2.96. The molecule has 0 saturated carbocycles. The van der Waals surface area contributed by atoms with Crippen molar-refractivity contribution in [3.8, 4) is 0 Å². The second-order valence-electron chi connectivity index (χ2n) is 6.35. The molecule has 0 spiro atoms. The molecule has 9 heteroatoms. The smallest absolute Gasteiger partial charge is 0.305 e. The van der Waals surface area contributed by atoms with Crippen LogP contribution in [0.2, 0.25) is 0 Å². The number of hydrazine groups is 1. The molecule has 2 amide bonds. The Morgan fingerprint density at radius 1 is 1.04 bits per heavy atom. The molecule has 1 saturated heterocycles.